The number of rotatable bonds is 6. The Bertz CT molecular complexity index is 717. The smallest absolute Gasteiger partial charge is 0.339 e. The molecule has 0 amide bonds. The van der Waals surface area contributed by atoms with E-state index >= 15 is 0 Å². The summed E-state index contributed by atoms with van der Waals surface area (Å²) in [6, 6.07) is 1.70. The van der Waals surface area contributed by atoms with Gasteiger partial charge in [0, 0.05) is 11.4 Å². The highest BCUT2D eigenvalue weighted by Gasteiger charge is 2.18. The largest absolute Gasteiger partial charge is 0.462 e. The first kappa shape index (κ1) is 16.7. The van der Waals surface area contributed by atoms with Crippen molar-refractivity contribution in [1.82, 2.24) is 14.7 Å². The lowest BCUT2D eigenvalue weighted by Crippen LogP contribution is -2.16. The number of hydrogen-bond acceptors (Lipinski definition) is 7. The van der Waals surface area contributed by atoms with Crippen molar-refractivity contribution >= 4 is 11.9 Å². The van der Waals surface area contributed by atoms with Crippen LogP contribution in [0.4, 0.5) is 0 Å². The Balaban J connectivity index is 2.01. The molecular formula is C15H19N3O5. The monoisotopic (exact) mass is 321 g/mol. The summed E-state index contributed by atoms with van der Waals surface area (Å²) in [7, 11) is 0. The molecule has 2 heterocycles. The fourth-order valence-corrected chi connectivity index (χ4v) is 2.18. The fourth-order valence-electron chi connectivity index (χ4n) is 2.18. The van der Waals surface area contributed by atoms with Crippen molar-refractivity contribution in [3.8, 4) is 0 Å². The molecule has 0 aliphatic rings. The van der Waals surface area contributed by atoms with Crippen molar-refractivity contribution in [2.24, 2.45) is 0 Å². The zero-order valence-electron chi connectivity index (χ0n) is 13.6. The maximum absolute atomic E-state index is 12.0. The van der Waals surface area contributed by atoms with Gasteiger partial charge in [-0.05, 0) is 33.8 Å². The number of carbonyl (C=O) groups excluding carboxylic acids is 2. The predicted octanol–water partition coefficient (Wildman–Crippen LogP) is 1.72. The second-order valence-corrected chi connectivity index (χ2v) is 4.99. The summed E-state index contributed by atoms with van der Waals surface area (Å²) in [6.45, 7) is 7.20. The van der Waals surface area contributed by atoms with E-state index in [2.05, 4.69) is 10.1 Å². The molecule has 2 rings (SSSR count). The summed E-state index contributed by atoms with van der Waals surface area (Å²) >= 11 is 0. The molecule has 0 saturated heterocycles. The summed E-state index contributed by atoms with van der Waals surface area (Å²) < 4.78 is 16.7. The van der Waals surface area contributed by atoms with Crippen LogP contribution in [0.5, 0.6) is 0 Å². The molecule has 2 aromatic rings. The summed E-state index contributed by atoms with van der Waals surface area (Å²) in [5.41, 5.74) is 1.88. The minimum absolute atomic E-state index is 0.00973. The van der Waals surface area contributed by atoms with E-state index in [1.807, 2.05) is 6.92 Å². The lowest BCUT2D eigenvalue weighted by atomic mass is 10.2. The molecule has 0 N–H and O–H groups in total. The van der Waals surface area contributed by atoms with Gasteiger partial charge < -0.3 is 18.6 Å². The maximum Gasteiger partial charge on any atom is 0.339 e. The van der Waals surface area contributed by atoms with Crippen LogP contribution >= 0.6 is 0 Å². The van der Waals surface area contributed by atoms with E-state index < -0.39 is 11.9 Å². The molecule has 0 fully saturated rings. The third-order valence-corrected chi connectivity index (χ3v) is 3.28. The van der Waals surface area contributed by atoms with Gasteiger partial charge in [0.15, 0.2) is 12.4 Å². The lowest BCUT2D eigenvalue weighted by molar-refractivity contribution is -0.146. The van der Waals surface area contributed by atoms with Crippen LogP contribution in [0.15, 0.2) is 10.6 Å². The number of nitrogens with zero attached hydrogens (tertiary/aromatic N) is 3. The van der Waals surface area contributed by atoms with E-state index in [1.54, 1.807) is 31.4 Å². The van der Waals surface area contributed by atoms with Crippen molar-refractivity contribution in [2.75, 3.05) is 6.61 Å². The molecule has 0 spiro atoms. The summed E-state index contributed by atoms with van der Waals surface area (Å²) in [5, 5.41) is 3.61. The van der Waals surface area contributed by atoms with Crippen LogP contribution in [0.3, 0.4) is 0 Å². The highest BCUT2D eigenvalue weighted by molar-refractivity contribution is 5.91. The maximum atomic E-state index is 12.0. The van der Waals surface area contributed by atoms with Gasteiger partial charge in [-0.1, -0.05) is 5.16 Å². The normalized spacial score (nSPS) is 10.6. The van der Waals surface area contributed by atoms with Crippen LogP contribution in [0.25, 0.3) is 0 Å². The number of aromatic nitrogens is 3. The van der Waals surface area contributed by atoms with Crippen molar-refractivity contribution in [3.63, 3.8) is 0 Å². The van der Waals surface area contributed by atoms with Gasteiger partial charge in [-0.2, -0.15) is 4.98 Å². The second-order valence-electron chi connectivity index (χ2n) is 4.99. The third-order valence-electron chi connectivity index (χ3n) is 3.28. The number of ether oxygens (including phenoxy) is 2. The lowest BCUT2D eigenvalue weighted by Gasteiger charge is -2.09. The second kappa shape index (κ2) is 7.08. The Morgan fingerprint density at radius 1 is 1.26 bits per heavy atom. The minimum Gasteiger partial charge on any atom is -0.462 e. The molecule has 0 saturated carbocycles. The molecule has 8 nitrogen and oxygen atoms in total. The van der Waals surface area contributed by atoms with E-state index in [4.69, 9.17) is 14.0 Å². The van der Waals surface area contributed by atoms with Crippen LogP contribution in [0, 0.1) is 20.8 Å². The molecule has 124 valence electrons. The summed E-state index contributed by atoms with van der Waals surface area (Å²) in [5.74, 6) is -0.143. The average Bonchev–Trinajstić information content (AvgIpc) is 3.03. The molecule has 0 bridgehead atoms. The molecule has 0 aliphatic carbocycles. The number of carbonyl (C=O) groups is 2. The van der Waals surface area contributed by atoms with Crippen molar-refractivity contribution < 1.29 is 23.6 Å². The molecule has 0 unspecified atom stereocenters. The highest BCUT2D eigenvalue weighted by Crippen LogP contribution is 2.16. The molecule has 0 aromatic carbocycles. The number of esters is 2. The van der Waals surface area contributed by atoms with Crippen LogP contribution < -0.4 is 0 Å². The van der Waals surface area contributed by atoms with E-state index in [-0.39, 0.29) is 19.0 Å². The Morgan fingerprint density at radius 3 is 2.61 bits per heavy atom. The molecule has 8 heteroatoms. The van der Waals surface area contributed by atoms with Gasteiger partial charge in [0.25, 0.3) is 5.89 Å². The number of hydrogen-bond donors (Lipinski definition) is 0. The van der Waals surface area contributed by atoms with E-state index in [1.165, 1.54) is 0 Å². The fraction of sp³-hybridized carbons (Fsp3) is 0.467. The van der Waals surface area contributed by atoms with E-state index in [0.717, 1.165) is 5.69 Å². The third kappa shape index (κ3) is 3.97. The average molecular weight is 321 g/mol. The molecule has 0 aliphatic heterocycles. The minimum atomic E-state index is -0.460. The Morgan fingerprint density at radius 2 is 2.00 bits per heavy atom. The quantitative estimate of drug-likeness (QED) is 0.747. The van der Waals surface area contributed by atoms with Gasteiger partial charge in [0.1, 0.15) is 6.54 Å². The van der Waals surface area contributed by atoms with Gasteiger partial charge >= 0.3 is 11.9 Å². The Kier molecular flexibility index (Phi) is 5.15. The van der Waals surface area contributed by atoms with Gasteiger partial charge in [-0.25, -0.2) is 4.79 Å². The molecule has 2 aromatic heterocycles. The van der Waals surface area contributed by atoms with Gasteiger partial charge in [0.2, 0.25) is 0 Å². The summed E-state index contributed by atoms with van der Waals surface area (Å²) in [4.78, 5) is 27.8. The highest BCUT2D eigenvalue weighted by atomic mass is 16.6. The Labute approximate surface area is 133 Å². The zero-order chi connectivity index (χ0) is 17.0. The first-order valence-electron chi connectivity index (χ1n) is 7.21. The van der Waals surface area contributed by atoms with Crippen molar-refractivity contribution in [2.45, 2.75) is 40.8 Å². The topological polar surface area (TPSA) is 96.5 Å². The molecule has 0 atom stereocenters. The summed E-state index contributed by atoms with van der Waals surface area (Å²) in [6.07, 6.45) is 0. The molecular weight excluding hydrogens is 302 g/mol. The van der Waals surface area contributed by atoms with E-state index in [9.17, 15) is 9.59 Å². The predicted molar refractivity (Wildman–Crippen MR) is 78.7 cm³/mol. The van der Waals surface area contributed by atoms with Crippen molar-refractivity contribution in [1.29, 1.82) is 0 Å². The van der Waals surface area contributed by atoms with Crippen LogP contribution in [-0.4, -0.2) is 33.3 Å². The number of aryl methyl sites for hydroxylation is 2. The Hall–Kier alpha value is -2.64. The van der Waals surface area contributed by atoms with Crippen LogP contribution in [0.2, 0.25) is 0 Å². The molecule has 0 radical (unpaired) electrons. The van der Waals surface area contributed by atoms with Crippen LogP contribution in [0.1, 0.15) is 40.4 Å². The van der Waals surface area contributed by atoms with Crippen molar-refractivity contribution in [3.05, 3.63) is 34.7 Å². The zero-order valence-corrected chi connectivity index (χ0v) is 13.6. The SMILES string of the molecule is CCOC(=O)c1cc(C)n(CC(=O)OCc2nc(C)no2)c1C. The standard InChI is InChI=1S/C15H19N3O5/c1-5-21-15(20)12-6-9(2)18(10(12)3)7-14(19)22-8-13-16-11(4)17-23-13/h6H,5,7-8H2,1-4H3. The van der Waals surface area contributed by atoms with Gasteiger partial charge in [-0.15, -0.1) is 0 Å². The first-order chi connectivity index (χ1) is 10.9. The van der Waals surface area contributed by atoms with E-state index in [0.29, 0.717) is 23.7 Å². The van der Waals surface area contributed by atoms with Gasteiger partial charge in [0.05, 0.1) is 12.2 Å². The van der Waals surface area contributed by atoms with Crippen LogP contribution in [-0.2, 0) is 27.4 Å². The first-order valence-corrected chi connectivity index (χ1v) is 7.21. The molecule has 23 heavy (non-hydrogen) atoms. The van der Waals surface area contributed by atoms with Gasteiger partial charge in [-0.3, -0.25) is 4.79 Å².